The summed E-state index contributed by atoms with van der Waals surface area (Å²) in [6.07, 6.45) is 5.88. The number of ether oxygens (including phenoxy) is 2. The third kappa shape index (κ3) is 2.33. The van der Waals surface area contributed by atoms with Crippen LogP contribution in [0.25, 0.3) is 0 Å². The fourth-order valence-electron chi connectivity index (χ4n) is 3.94. The maximum absolute atomic E-state index is 12.7. The maximum atomic E-state index is 12.7. The number of carbonyl (C=O) groups is 1. The molecule has 118 valence electrons. The molecule has 1 amide bonds. The lowest BCUT2D eigenvalue weighted by Crippen LogP contribution is -2.45. The Hall–Kier alpha value is -1.75. The highest BCUT2D eigenvalue weighted by Crippen LogP contribution is 2.37. The molecule has 3 aliphatic rings. The Balaban J connectivity index is 1.50. The maximum Gasteiger partial charge on any atom is 0.241 e. The van der Waals surface area contributed by atoms with Gasteiger partial charge in [0.05, 0.1) is 6.04 Å². The molecule has 0 saturated carbocycles. The second-order valence-electron chi connectivity index (χ2n) is 6.49. The number of carbonyl (C=O) groups excluding carboxylic acids is 1. The normalized spacial score (nSPS) is 26.8. The van der Waals surface area contributed by atoms with Crippen molar-refractivity contribution in [2.75, 3.05) is 18.7 Å². The van der Waals surface area contributed by atoms with Crippen molar-refractivity contribution in [2.45, 2.75) is 51.1 Å². The Bertz CT molecular complexity index is 602. The van der Waals surface area contributed by atoms with Crippen molar-refractivity contribution in [3.63, 3.8) is 0 Å². The van der Waals surface area contributed by atoms with Gasteiger partial charge in [0.2, 0.25) is 12.7 Å². The van der Waals surface area contributed by atoms with Gasteiger partial charge in [0.25, 0.3) is 0 Å². The highest BCUT2D eigenvalue weighted by atomic mass is 16.7. The third-order valence-electron chi connectivity index (χ3n) is 5.13. The first-order valence-corrected chi connectivity index (χ1v) is 8.19. The highest BCUT2D eigenvalue weighted by molar-refractivity contribution is 5.96. The molecule has 1 aromatic rings. The van der Waals surface area contributed by atoms with E-state index in [0.29, 0.717) is 11.8 Å². The van der Waals surface area contributed by atoms with Gasteiger partial charge < -0.3 is 14.8 Å². The number of nitrogens with zero attached hydrogens (tertiary/aromatic N) is 1. The van der Waals surface area contributed by atoms with Crippen molar-refractivity contribution in [1.29, 1.82) is 0 Å². The Morgan fingerprint density at radius 2 is 2.00 bits per heavy atom. The monoisotopic (exact) mass is 302 g/mol. The Morgan fingerprint density at radius 3 is 2.86 bits per heavy atom. The number of hydrogen-bond donors (Lipinski definition) is 1. The van der Waals surface area contributed by atoms with Crippen molar-refractivity contribution in [1.82, 2.24) is 4.90 Å². The van der Waals surface area contributed by atoms with Crippen molar-refractivity contribution in [3.05, 3.63) is 17.7 Å². The van der Waals surface area contributed by atoms with E-state index in [1.165, 1.54) is 19.3 Å². The predicted molar refractivity (Wildman–Crippen MR) is 83.3 cm³/mol. The predicted octanol–water partition coefficient (Wildman–Crippen LogP) is 2.68. The first kappa shape index (κ1) is 13.9. The molecule has 2 atom stereocenters. The second-order valence-corrected chi connectivity index (χ2v) is 6.49. The number of anilines is 1. The summed E-state index contributed by atoms with van der Waals surface area (Å²) in [5.74, 6) is 1.59. The van der Waals surface area contributed by atoms with Crippen LogP contribution in [0.5, 0.6) is 11.5 Å². The van der Waals surface area contributed by atoms with E-state index in [9.17, 15) is 4.79 Å². The van der Waals surface area contributed by atoms with E-state index >= 15 is 0 Å². The summed E-state index contributed by atoms with van der Waals surface area (Å²) in [6.45, 7) is 3.29. The van der Waals surface area contributed by atoms with Gasteiger partial charge in [0.1, 0.15) is 0 Å². The van der Waals surface area contributed by atoms with Crippen LogP contribution in [-0.2, 0) is 4.79 Å². The number of nitrogens with one attached hydrogen (secondary N) is 1. The number of amides is 1. The van der Waals surface area contributed by atoms with Crippen LogP contribution >= 0.6 is 0 Å². The average molecular weight is 302 g/mol. The molecule has 2 unspecified atom stereocenters. The lowest BCUT2D eigenvalue weighted by molar-refractivity contribution is -0.121. The quantitative estimate of drug-likeness (QED) is 0.912. The molecule has 5 heteroatoms. The Kier molecular flexibility index (Phi) is 3.45. The van der Waals surface area contributed by atoms with Gasteiger partial charge in [-0.05, 0) is 50.8 Å². The van der Waals surface area contributed by atoms with Crippen LogP contribution in [0.4, 0.5) is 5.69 Å². The third-order valence-corrected chi connectivity index (χ3v) is 5.13. The topological polar surface area (TPSA) is 50.8 Å². The minimum Gasteiger partial charge on any atom is -0.454 e. The number of rotatable bonds is 2. The molecule has 3 heterocycles. The SMILES string of the molecule is Cc1cc2c(cc1NC(=O)C1CCC3CCCCN31)OCO2. The molecule has 22 heavy (non-hydrogen) atoms. The molecule has 3 aliphatic heterocycles. The number of benzene rings is 1. The summed E-state index contributed by atoms with van der Waals surface area (Å²) in [4.78, 5) is 15.1. The fourth-order valence-corrected chi connectivity index (χ4v) is 3.94. The molecule has 1 N–H and O–H groups in total. The number of aryl methyl sites for hydroxylation is 1. The zero-order valence-electron chi connectivity index (χ0n) is 12.9. The zero-order valence-corrected chi connectivity index (χ0v) is 12.9. The smallest absolute Gasteiger partial charge is 0.241 e. The summed E-state index contributed by atoms with van der Waals surface area (Å²) >= 11 is 0. The first-order valence-electron chi connectivity index (χ1n) is 8.19. The van der Waals surface area contributed by atoms with E-state index < -0.39 is 0 Å². The minimum atomic E-state index is 0.0233. The van der Waals surface area contributed by atoms with E-state index in [0.717, 1.165) is 36.4 Å². The van der Waals surface area contributed by atoms with Crippen LogP contribution in [0.1, 0.15) is 37.7 Å². The van der Waals surface area contributed by atoms with Crippen molar-refractivity contribution in [2.24, 2.45) is 0 Å². The molecule has 0 aromatic heterocycles. The van der Waals surface area contributed by atoms with Gasteiger partial charge in [-0.15, -0.1) is 0 Å². The molecule has 5 nitrogen and oxygen atoms in total. The summed E-state index contributed by atoms with van der Waals surface area (Å²) in [7, 11) is 0. The van der Waals surface area contributed by atoms with Crippen LogP contribution in [0.2, 0.25) is 0 Å². The summed E-state index contributed by atoms with van der Waals surface area (Å²) in [5, 5.41) is 3.10. The van der Waals surface area contributed by atoms with Gasteiger partial charge >= 0.3 is 0 Å². The summed E-state index contributed by atoms with van der Waals surface area (Å²) in [5.41, 5.74) is 1.83. The van der Waals surface area contributed by atoms with Gasteiger partial charge in [0, 0.05) is 17.8 Å². The van der Waals surface area contributed by atoms with E-state index in [4.69, 9.17) is 9.47 Å². The van der Waals surface area contributed by atoms with E-state index in [1.54, 1.807) is 0 Å². The summed E-state index contributed by atoms with van der Waals surface area (Å²) in [6, 6.07) is 4.44. The standard InChI is InChI=1S/C17H22N2O3/c1-11-8-15-16(22-10-21-15)9-13(11)18-17(20)14-6-5-12-4-2-3-7-19(12)14/h8-9,12,14H,2-7,10H2,1H3,(H,18,20). The van der Waals surface area contributed by atoms with Crippen molar-refractivity contribution in [3.8, 4) is 11.5 Å². The van der Waals surface area contributed by atoms with Crippen LogP contribution < -0.4 is 14.8 Å². The molecular formula is C17H22N2O3. The van der Waals surface area contributed by atoms with Crippen LogP contribution in [-0.4, -0.2) is 36.2 Å². The van der Waals surface area contributed by atoms with Gasteiger partial charge in [-0.3, -0.25) is 9.69 Å². The number of piperidine rings is 1. The molecule has 0 aliphatic carbocycles. The lowest BCUT2D eigenvalue weighted by Gasteiger charge is -2.33. The fraction of sp³-hybridized carbons (Fsp3) is 0.588. The molecule has 2 fully saturated rings. The van der Waals surface area contributed by atoms with Crippen LogP contribution in [0, 0.1) is 6.92 Å². The molecule has 0 radical (unpaired) electrons. The Labute approximate surface area is 130 Å². The van der Waals surface area contributed by atoms with Gasteiger partial charge in [-0.25, -0.2) is 0 Å². The largest absolute Gasteiger partial charge is 0.454 e. The van der Waals surface area contributed by atoms with Gasteiger partial charge in [-0.2, -0.15) is 0 Å². The van der Waals surface area contributed by atoms with Crippen LogP contribution in [0.3, 0.4) is 0 Å². The average Bonchev–Trinajstić information content (AvgIpc) is 3.13. The van der Waals surface area contributed by atoms with Crippen molar-refractivity contribution >= 4 is 11.6 Å². The molecule has 4 rings (SSSR count). The van der Waals surface area contributed by atoms with E-state index in [1.807, 2.05) is 19.1 Å². The minimum absolute atomic E-state index is 0.0233. The van der Waals surface area contributed by atoms with Gasteiger partial charge in [0.15, 0.2) is 11.5 Å². The van der Waals surface area contributed by atoms with Crippen LogP contribution in [0.15, 0.2) is 12.1 Å². The lowest BCUT2D eigenvalue weighted by atomic mass is 10.0. The molecule has 2 saturated heterocycles. The van der Waals surface area contributed by atoms with Gasteiger partial charge in [-0.1, -0.05) is 6.42 Å². The van der Waals surface area contributed by atoms with E-state index in [-0.39, 0.29) is 18.7 Å². The second kappa shape index (κ2) is 5.47. The molecule has 0 spiro atoms. The summed E-state index contributed by atoms with van der Waals surface area (Å²) < 4.78 is 10.8. The first-order chi connectivity index (χ1) is 10.7. The van der Waals surface area contributed by atoms with Crippen molar-refractivity contribution < 1.29 is 14.3 Å². The Morgan fingerprint density at radius 1 is 1.18 bits per heavy atom. The molecular weight excluding hydrogens is 280 g/mol. The number of hydrogen-bond acceptors (Lipinski definition) is 4. The number of fused-ring (bicyclic) bond motifs is 2. The highest BCUT2D eigenvalue weighted by Gasteiger charge is 2.38. The molecule has 1 aromatic carbocycles. The van der Waals surface area contributed by atoms with E-state index in [2.05, 4.69) is 10.2 Å². The zero-order chi connectivity index (χ0) is 15.1. The molecule has 0 bridgehead atoms.